The Bertz CT molecular complexity index is 910. The normalized spacial score (nSPS) is 13.5. The highest BCUT2D eigenvalue weighted by Gasteiger charge is 2.22. The molecule has 0 aliphatic carbocycles. The maximum absolute atomic E-state index is 12.5. The van der Waals surface area contributed by atoms with E-state index in [0.717, 1.165) is 11.3 Å². The van der Waals surface area contributed by atoms with Crippen LogP contribution in [0.2, 0.25) is 0 Å². The van der Waals surface area contributed by atoms with E-state index in [1.54, 1.807) is 18.2 Å². The molecule has 7 nitrogen and oxygen atoms in total. The van der Waals surface area contributed by atoms with Gasteiger partial charge in [-0.2, -0.15) is 0 Å². The number of anilines is 1. The number of hydrogen-bond acceptors (Lipinski definition) is 6. The summed E-state index contributed by atoms with van der Waals surface area (Å²) in [4.78, 5) is 26.7. The molecule has 0 radical (unpaired) electrons. The van der Waals surface area contributed by atoms with Crippen molar-refractivity contribution in [3.63, 3.8) is 0 Å². The second-order valence-electron chi connectivity index (χ2n) is 7.71. The van der Waals surface area contributed by atoms with Gasteiger partial charge in [0.15, 0.2) is 18.1 Å². The number of carbonyl (C=O) groups is 2. The zero-order valence-corrected chi connectivity index (χ0v) is 17.8. The third-order valence-electron chi connectivity index (χ3n) is 4.84. The summed E-state index contributed by atoms with van der Waals surface area (Å²) in [5.74, 6) is 0.609. The first kappa shape index (κ1) is 21.5. The van der Waals surface area contributed by atoms with Crippen molar-refractivity contribution in [1.29, 1.82) is 0 Å². The van der Waals surface area contributed by atoms with E-state index in [9.17, 15) is 9.59 Å². The smallest absolute Gasteiger partial charge is 0.338 e. The van der Waals surface area contributed by atoms with Crippen LogP contribution in [0.4, 0.5) is 5.69 Å². The molecule has 3 rings (SSSR count). The van der Waals surface area contributed by atoms with Crippen LogP contribution in [-0.2, 0) is 9.53 Å². The summed E-state index contributed by atoms with van der Waals surface area (Å²) in [7, 11) is 3.78. The molecule has 0 spiro atoms. The summed E-state index contributed by atoms with van der Waals surface area (Å²) in [6.45, 7) is 4.71. The lowest BCUT2D eigenvalue weighted by atomic mass is 9.95. The Morgan fingerprint density at radius 3 is 2.50 bits per heavy atom. The summed E-state index contributed by atoms with van der Waals surface area (Å²) >= 11 is 0. The fourth-order valence-electron chi connectivity index (χ4n) is 3.23. The highest BCUT2D eigenvalue weighted by atomic mass is 16.6. The van der Waals surface area contributed by atoms with Crippen molar-refractivity contribution in [1.82, 2.24) is 5.32 Å². The molecule has 1 amide bonds. The van der Waals surface area contributed by atoms with Crippen molar-refractivity contribution >= 4 is 17.6 Å². The molecule has 0 fully saturated rings. The SMILES string of the molecule is CC(C)[C@H](NC(=O)COC(=O)c1cccc(N(C)C)c1)c1ccc2c(c1)OCCO2. The third kappa shape index (κ3) is 5.23. The molecule has 30 heavy (non-hydrogen) atoms. The largest absolute Gasteiger partial charge is 0.486 e. The number of benzene rings is 2. The predicted molar refractivity (Wildman–Crippen MR) is 114 cm³/mol. The van der Waals surface area contributed by atoms with Crippen LogP contribution in [0, 0.1) is 5.92 Å². The molecule has 0 bridgehead atoms. The van der Waals surface area contributed by atoms with Crippen LogP contribution < -0.4 is 19.7 Å². The van der Waals surface area contributed by atoms with Gasteiger partial charge in [-0.3, -0.25) is 4.79 Å². The fourth-order valence-corrected chi connectivity index (χ4v) is 3.23. The number of carbonyl (C=O) groups excluding carboxylic acids is 2. The van der Waals surface area contributed by atoms with E-state index in [0.29, 0.717) is 30.3 Å². The summed E-state index contributed by atoms with van der Waals surface area (Å²) < 4.78 is 16.4. The molecule has 2 aromatic carbocycles. The van der Waals surface area contributed by atoms with Gasteiger partial charge in [0, 0.05) is 19.8 Å². The molecule has 1 aliphatic heterocycles. The van der Waals surface area contributed by atoms with Crippen LogP contribution in [0.15, 0.2) is 42.5 Å². The average Bonchev–Trinajstić information content (AvgIpc) is 2.75. The fraction of sp³-hybridized carbons (Fsp3) is 0.391. The topological polar surface area (TPSA) is 77.1 Å². The molecular formula is C23H28N2O5. The quantitative estimate of drug-likeness (QED) is 0.704. The van der Waals surface area contributed by atoms with E-state index in [1.807, 2.05) is 57.1 Å². The van der Waals surface area contributed by atoms with Crippen molar-refractivity contribution in [2.24, 2.45) is 5.92 Å². The van der Waals surface area contributed by atoms with Crippen LogP contribution in [-0.4, -0.2) is 45.8 Å². The molecule has 160 valence electrons. The first-order chi connectivity index (χ1) is 14.3. The lowest BCUT2D eigenvalue weighted by Crippen LogP contribution is -2.35. The minimum atomic E-state index is -0.533. The molecule has 7 heteroatoms. The minimum Gasteiger partial charge on any atom is -0.486 e. The van der Waals surface area contributed by atoms with Crippen LogP contribution in [0.1, 0.15) is 35.8 Å². The number of amides is 1. The average molecular weight is 412 g/mol. The zero-order valence-electron chi connectivity index (χ0n) is 17.8. The van der Waals surface area contributed by atoms with Gasteiger partial charge < -0.3 is 24.4 Å². The van der Waals surface area contributed by atoms with Crippen molar-refractivity contribution < 1.29 is 23.8 Å². The molecule has 2 aromatic rings. The number of rotatable bonds is 7. The first-order valence-electron chi connectivity index (χ1n) is 9.98. The maximum atomic E-state index is 12.5. The molecule has 0 saturated carbocycles. The van der Waals surface area contributed by atoms with Crippen molar-refractivity contribution in [3.05, 3.63) is 53.6 Å². The van der Waals surface area contributed by atoms with Gasteiger partial charge in [0.1, 0.15) is 13.2 Å². The second kappa shape index (κ2) is 9.52. The Hall–Kier alpha value is -3.22. The van der Waals surface area contributed by atoms with Crippen molar-refractivity contribution in [2.45, 2.75) is 19.9 Å². The van der Waals surface area contributed by atoms with E-state index in [1.165, 1.54) is 0 Å². The molecule has 1 atom stereocenters. The number of ether oxygens (including phenoxy) is 3. The number of esters is 1. The molecule has 1 heterocycles. The molecule has 1 N–H and O–H groups in total. The van der Waals surface area contributed by atoms with E-state index in [-0.39, 0.29) is 24.5 Å². The van der Waals surface area contributed by atoms with Crippen molar-refractivity contribution in [2.75, 3.05) is 38.8 Å². The highest BCUT2D eigenvalue weighted by molar-refractivity contribution is 5.92. The third-order valence-corrected chi connectivity index (χ3v) is 4.84. The van der Waals surface area contributed by atoms with E-state index >= 15 is 0 Å². The van der Waals surface area contributed by atoms with Crippen LogP contribution >= 0.6 is 0 Å². The predicted octanol–water partition coefficient (Wildman–Crippen LogP) is 3.19. The maximum Gasteiger partial charge on any atom is 0.338 e. The lowest BCUT2D eigenvalue weighted by Gasteiger charge is -2.25. The Labute approximate surface area is 176 Å². The van der Waals surface area contributed by atoms with Gasteiger partial charge in [0.25, 0.3) is 5.91 Å². The van der Waals surface area contributed by atoms with Gasteiger partial charge in [-0.15, -0.1) is 0 Å². The molecular weight excluding hydrogens is 384 g/mol. The van der Waals surface area contributed by atoms with Gasteiger partial charge in [-0.05, 0) is 41.8 Å². The van der Waals surface area contributed by atoms with E-state index in [2.05, 4.69) is 5.32 Å². The Balaban J connectivity index is 1.62. The summed E-state index contributed by atoms with van der Waals surface area (Å²) in [5.41, 5.74) is 2.20. The number of nitrogens with zero attached hydrogens (tertiary/aromatic N) is 1. The van der Waals surface area contributed by atoms with Crippen LogP contribution in [0.5, 0.6) is 11.5 Å². The van der Waals surface area contributed by atoms with Gasteiger partial charge in [-0.1, -0.05) is 26.0 Å². The molecule has 0 saturated heterocycles. The standard InChI is InChI=1S/C23H28N2O5/c1-15(2)22(16-8-9-19-20(13-16)29-11-10-28-19)24-21(26)14-30-23(27)17-6-5-7-18(12-17)25(3)4/h5-9,12-13,15,22H,10-11,14H2,1-4H3,(H,24,26)/t22-/m0/s1. The zero-order chi connectivity index (χ0) is 21.7. The van der Waals surface area contributed by atoms with E-state index < -0.39 is 5.97 Å². The van der Waals surface area contributed by atoms with Gasteiger partial charge in [0.2, 0.25) is 0 Å². The number of fused-ring (bicyclic) bond motifs is 1. The molecule has 1 aliphatic rings. The Morgan fingerprint density at radius 2 is 1.80 bits per heavy atom. The number of nitrogens with one attached hydrogen (secondary N) is 1. The monoisotopic (exact) mass is 412 g/mol. The molecule has 0 aromatic heterocycles. The van der Waals surface area contributed by atoms with Crippen molar-refractivity contribution in [3.8, 4) is 11.5 Å². The van der Waals surface area contributed by atoms with Crippen LogP contribution in [0.3, 0.4) is 0 Å². The summed E-state index contributed by atoms with van der Waals surface area (Å²) in [6.07, 6.45) is 0. The Morgan fingerprint density at radius 1 is 1.07 bits per heavy atom. The summed E-state index contributed by atoms with van der Waals surface area (Å²) in [5, 5.41) is 2.96. The first-order valence-corrected chi connectivity index (χ1v) is 9.98. The van der Waals surface area contributed by atoms with Gasteiger partial charge >= 0.3 is 5.97 Å². The Kier molecular flexibility index (Phi) is 6.82. The van der Waals surface area contributed by atoms with Crippen LogP contribution in [0.25, 0.3) is 0 Å². The minimum absolute atomic E-state index is 0.129. The number of hydrogen-bond donors (Lipinski definition) is 1. The lowest BCUT2D eigenvalue weighted by molar-refractivity contribution is -0.125. The summed E-state index contributed by atoms with van der Waals surface area (Å²) in [6, 6.07) is 12.5. The van der Waals surface area contributed by atoms with Gasteiger partial charge in [-0.25, -0.2) is 4.79 Å². The second-order valence-corrected chi connectivity index (χ2v) is 7.71. The van der Waals surface area contributed by atoms with E-state index in [4.69, 9.17) is 14.2 Å². The molecule has 0 unspecified atom stereocenters. The highest BCUT2D eigenvalue weighted by Crippen LogP contribution is 2.34. The van der Waals surface area contributed by atoms with Gasteiger partial charge in [0.05, 0.1) is 11.6 Å².